The Morgan fingerprint density at radius 3 is 2.82 bits per heavy atom. The third-order valence-electron chi connectivity index (χ3n) is 6.11. The van der Waals surface area contributed by atoms with Crippen molar-refractivity contribution in [2.45, 2.75) is 39.8 Å². The first kappa shape index (κ1) is 20.7. The predicted molar refractivity (Wildman–Crippen MR) is 127 cm³/mol. The molecule has 3 aromatic heterocycles. The van der Waals surface area contributed by atoms with Gasteiger partial charge in [-0.05, 0) is 44.0 Å². The van der Waals surface area contributed by atoms with Crippen LogP contribution in [-0.2, 0) is 13.0 Å². The van der Waals surface area contributed by atoms with Crippen molar-refractivity contribution in [3.05, 3.63) is 76.9 Å². The summed E-state index contributed by atoms with van der Waals surface area (Å²) in [5.41, 5.74) is 14.3. The number of pyridine rings is 2. The molecule has 0 spiro atoms. The molecule has 0 fully saturated rings. The Morgan fingerprint density at radius 1 is 1.18 bits per heavy atom. The SMILES string of the molecule is CCn1ncc2c1-c1cnc(N)c(c1)O[C@H](C)c1cc(C)ccc1-c1c(ccnc1C#N)C2. The van der Waals surface area contributed by atoms with Gasteiger partial charge in [0.2, 0.25) is 0 Å². The standard InChI is InChI=1S/C26H24N6O/c1-4-32-25-18(14-31-32)10-17-7-8-29-22(12-27)24(17)20-6-5-15(2)9-21(20)16(3)33-23-11-19(25)13-30-26(23)28/h5-9,11,13-14,16H,4,10H2,1-3H3,(H2,28,30)/t16-/m1/s1. The van der Waals surface area contributed by atoms with Crippen LogP contribution >= 0.6 is 0 Å². The molecule has 164 valence electrons. The second-order valence-electron chi connectivity index (χ2n) is 8.27. The fourth-order valence-electron chi connectivity index (χ4n) is 4.55. The summed E-state index contributed by atoms with van der Waals surface area (Å²) in [7, 11) is 0. The van der Waals surface area contributed by atoms with E-state index < -0.39 is 0 Å². The van der Waals surface area contributed by atoms with Gasteiger partial charge in [0, 0.05) is 47.6 Å². The molecular formula is C26H24N6O. The maximum Gasteiger partial charge on any atom is 0.166 e. The number of nitrogens with zero attached hydrogens (tertiary/aromatic N) is 5. The van der Waals surface area contributed by atoms with Gasteiger partial charge in [0.1, 0.15) is 17.9 Å². The van der Waals surface area contributed by atoms with Crippen LogP contribution in [0.3, 0.4) is 0 Å². The average Bonchev–Trinajstić information content (AvgIpc) is 3.22. The van der Waals surface area contributed by atoms with Gasteiger partial charge in [-0.1, -0.05) is 23.8 Å². The fourth-order valence-corrected chi connectivity index (χ4v) is 4.55. The highest BCUT2D eigenvalue weighted by atomic mass is 16.5. The van der Waals surface area contributed by atoms with Crippen LogP contribution in [0.1, 0.15) is 47.9 Å². The Labute approximate surface area is 192 Å². The van der Waals surface area contributed by atoms with Gasteiger partial charge >= 0.3 is 0 Å². The number of ether oxygens (including phenoxy) is 1. The fraction of sp³-hybridized carbons (Fsp3) is 0.231. The van der Waals surface area contributed by atoms with Crippen LogP contribution in [0, 0.1) is 18.3 Å². The molecule has 1 atom stereocenters. The van der Waals surface area contributed by atoms with Crippen molar-refractivity contribution in [1.29, 1.82) is 5.26 Å². The molecule has 1 aliphatic rings. The monoisotopic (exact) mass is 436 g/mol. The number of fused-ring (bicyclic) bond motifs is 7. The van der Waals surface area contributed by atoms with E-state index in [9.17, 15) is 5.26 Å². The topological polar surface area (TPSA) is 103 Å². The first-order valence-electron chi connectivity index (χ1n) is 11.0. The summed E-state index contributed by atoms with van der Waals surface area (Å²) in [5, 5.41) is 14.5. The lowest BCUT2D eigenvalue weighted by molar-refractivity contribution is 0.228. The lowest BCUT2D eigenvalue weighted by Crippen LogP contribution is -2.10. The van der Waals surface area contributed by atoms with E-state index in [1.165, 1.54) is 0 Å². The molecule has 7 heteroatoms. The molecule has 4 aromatic rings. The minimum Gasteiger partial charge on any atom is -0.482 e. The predicted octanol–water partition coefficient (Wildman–Crippen LogP) is 4.83. The Kier molecular flexibility index (Phi) is 5.06. The lowest BCUT2D eigenvalue weighted by Gasteiger charge is -2.23. The molecule has 0 unspecified atom stereocenters. The van der Waals surface area contributed by atoms with Crippen molar-refractivity contribution in [2.24, 2.45) is 0 Å². The van der Waals surface area contributed by atoms with E-state index in [1.54, 1.807) is 12.4 Å². The number of nitrogens with two attached hydrogens (primary N) is 1. The van der Waals surface area contributed by atoms with Gasteiger partial charge in [0.05, 0.1) is 11.9 Å². The summed E-state index contributed by atoms with van der Waals surface area (Å²) in [5.74, 6) is 0.857. The molecule has 0 radical (unpaired) electrons. The maximum absolute atomic E-state index is 9.92. The summed E-state index contributed by atoms with van der Waals surface area (Å²) in [4.78, 5) is 8.81. The van der Waals surface area contributed by atoms with E-state index in [-0.39, 0.29) is 6.10 Å². The Balaban J connectivity index is 1.86. The second kappa shape index (κ2) is 8.06. The number of nitrogen functional groups attached to an aromatic ring is 1. The van der Waals surface area contributed by atoms with E-state index in [1.807, 2.05) is 49.0 Å². The van der Waals surface area contributed by atoms with Crippen molar-refractivity contribution in [3.63, 3.8) is 0 Å². The van der Waals surface area contributed by atoms with Crippen molar-refractivity contribution >= 4 is 5.82 Å². The molecular weight excluding hydrogens is 412 g/mol. The quantitative estimate of drug-likeness (QED) is 0.458. The van der Waals surface area contributed by atoms with Gasteiger partial charge in [-0.15, -0.1) is 0 Å². The van der Waals surface area contributed by atoms with Gasteiger partial charge in [0.15, 0.2) is 11.6 Å². The molecule has 33 heavy (non-hydrogen) atoms. The first-order valence-corrected chi connectivity index (χ1v) is 11.0. The molecule has 4 heterocycles. The molecule has 0 aliphatic carbocycles. The number of nitriles is 1. The number of aromatic nitrogens is 4. The third-order valence-corrected chi connectivity index (χ3v) is 6.11. The van der Waals surface area contributed by atoms with Crippen LogP contribution in [0.2, 0.25) is 0 Å². The molecule has 0 saturated heterocycles. The zero-order chi connectivity index (χ0) is 23.1. The van der Waals surface area contributed by atoms with Crippen molar-refractivity contribution in [3.8, 4) is 34.2 Å². The Hall–Kier alpha value is -4.18. The van der Waals surface area contributed by atoms with Crippen LogP contribution in [0.15, 0.2) is 48.9 Å². The molecule has 1 aliphatic heterocycles. The number of rotatable bonds is 1. The van der Waals surface area contributed by atoms with Gasteiger partial charge in [-0.25, -0.2) is 9.97 Å². The minimum absolute atomic E-state index is 0.325. The smallest absolute Gasteiger partial charge is 0.166 e. The highest BCUT2D eigenvalue weighted by Gasteiger charge is 2.24. The van der Waals surface area contributed by atoms with Crippen LogP contribution in [0.25, 0.3) is 22.4 Å². The zero-order valence-corrected chi connectivity index (χ0v) is 18.8. The van der Waals surface area contributed by atoms with Crippen LogP contribution in [-0.4, -0.2) is 19.7 Å². The second-order valence-corrected chi connectivity index (χ2v) is 8.27. The summed E-state index contributed by atoms with van der Waals surface area (Å²) < 4.78 is 8.32. The van der Waals surface area contributed by atoms with E-state index in [4.69, 9.17) is 10.5 Å². The highest BCUT2D eigenvalue weighted by Crippen LogP contribution is 2.39. The lowest BCUT2D eigenvalue weighted by atomic mass is 9.88. The van der Waals surface area contributed by atoms with Crippen molar-refractivity contribution in [2.75, 3.05) is 5.73 Å². The Morgan fingerprint density at radius 2 is 2.03 bits per heavy atom. The molecule has 2 bridgehead atoms. The summed E-state index contributed by atoms with van der Waals surface area (Å²) in [6.07, 6.45) is 5.62. The first-order chi connectivity index (χ1) is 16.0. The third kappa shape index (κ3) is 3.50. The van der Waals surface area contributed by atoms with Crippen LogP contribution in [0.5, 0.6) is 5.75 Å². The van der Waals surface area contributed by atoms with Crippen LogP contribution < -0.4 is 10.5 Å². The minimum atomic E-state index is -0.325. The van der Waals surface area contributed by atoms with E-state index >= 15 is 0 Å². The van der Waals surface area contributed by atoms with Gasteiger partial charge in [-0.2, -0.15) is 10.4 Å². The average molecular weight is 437 g/mol. The normalized spacial score (nSPS) is 14.5. The molecule has 0 saturated carbocycles. The van der Waals surface area contributed by atoms with Crippen molar-refractivity contribution < 1.29 is 4.74 Å². The van der Waals surface area contributed by atoms with Gasteiger partial charge in [-0.3, -0.25) is 4.68 Å². The molecule has 1 aromatic carbocycles. The zero-order valence-electron chi connectivity index (χ0n) is 18.8. The molecule has 2 N–H and O–H groups in total. The summed E-state index contributed by atoms with van der Waals surface area (Å²) in [6, 6.07) is 12.4. The van der Waals surface area contributed by atoms with Gasteiger partial charge in [0.25, 0.3) is 0 Å². The Bertz CT molecular complexity index is 1420. The molecule has 5 rings (SSSR count). The van der Waals surface area contributed by atoms with Crippen molar-refractivity contribution in [1.82, 2.24) is 19.7 Å². The maximum atomic E-state index is 9.92. The molecule has 7 nitrogen and oxygen atoms in total. The number of aryl methyl sites for hydroxylation is 2. The molecule has 0 amide bonds. The van der Waals surface area contributed by atoms with Gasteiger partial charge < -0.3 is 10.5 Å². The summed E-state index contributed by atoms with van der Waals surface area (Å²) in [6.45, 7) is 6.79. The largest absolute Gasteiger partial charge is 0.482 e. The summed E-state index contributed by atoms with van der Waals surface area (Å²) >= 11 is 0. The number of hydrogen-bond donors (Lipinski definition) is 1. The number of anilines is 1. The van der Waals surface area contributed by atoms with E-state index in [0.29, 0.717) is 30.2 Å². The highest BCUT2D eigenvalue weighted by molar-refractivity contribution is 5.77. The van der Waals surface area contributed by atoms with Crippen LogP contribution in [0.4, 0.5) is 5.82 Å². The van der Waals surface area contributed by atoms with E-state index in [2.05, 4.69) is 34.1 Å². The van der Waals surface area contributed by atoms with E-state index in [0.717, 1.165) is 44.6 Å². The number of benzene rings is 1. The number of hydrogen-bond acceptors (Lipinski definition) is 6.